The number of hydrogen-bond acceptors (Lipinski definition) is 6. The van der Waals surface area contributed by atoms with Gasteiger partial charge in [-0.05, 0) is 61.6 Å². The van der Waals surface area contributed by atoms with Crippen molar-refractivity contribution in [1.29, 1.82) is 0 Å². The van der Waals surface area contributed by atoms with Crippen LogP contribution in [0.4, 0.5) is 0 Å². The quantitative estimate of drug-likeness (QED) is 0.200. The Kier molecular flexibility index (Phi) is 9.89. The van der Waals surface area contributed by atoms with Gasteiger partial charge in [-0.2, -0.15) is 0 Å². The maximum absolute atomic E-state index is 13.8. The zero-order valence-corrected chi connectivity index (χ0v) is 24.0. The Bertz CT molecular complexity index is 1310. The molecular formula is C32H39NO5S. The van der Waals surface area contributed by atoms with E-state index in [1.54, 1.807) is 25.2 Å². The van der Waals surface area contributed by atoms with Crippen molar-refractivity contribution in [3.63, 3.8) is 0 Å². The van der Waals surface area contributed by atoms with Crippen molar-refractivity contribution in [3.8, 4) is 0 Å². The van der Waals surface area contributed by atoms with E-state index >= 15 is 0 Å². The molecule has 2 heterocycles. The van der Waals surface area contributed by atoms with Crippen molar-refractivity contribution in [2.24, 2.45) is 30.7 Å². The summed E-state index contributed by atoms with van der Waals surface area (Å²) in [6.45, 7) is 3.82. The molecule has 7 heteroatoms. The van der Waals surface area contributed by atoms with Gasteiger partial charge in [0.1, 0.15) is 17.3 Å². The number of para-hydroxylation sites is 1. The van der Waals surface area contributed by atoms with E-state index in [4.69, 9.17) is 4.74 Å². The lowest BCUT2D eigenvalue weighted by atomic mass is 9.76. The van der Waals surface area contributed by atoms with Gasteiger partial charge in [-0.15, -0.1) is 11.3 Å². The molecule has 208 valence electrons. The van der Waals surface area contributed by atoms with Gasteiger partial charge in [-0.3, -0.25) is 19.2 Å². The Balaban J connectivity index is 1.53. The monoisotopic (exact) mass is 549 g/mol. The third-order valence-electron chi connectivity index (χ3n) is 8.12. The molecule has 4 rings (SSSR count). The lowest BCUT2D eigenvalue weighted by Gasteiger charge is -2.26. The van der Waals surface area contributed by atoms with Gasteiger partial charge in [0, 0.05) is 66.0 Å². The number of thiophene rings is 1. The molecule has 0 bridgehead atoms. The summed E-state index contributed by atoms with van der Waals surface area (Å²) in [6.07, 6.45) is 5.37. The maximum atomic E-state index is 13.8. The third-order valence-corrected chi connectivity index (χ3v) is 9.06. The second kappa shape index (κ2) is 13.3. The second-order valence-corrected chi connectivity index (χ2v) is 12.0. The summed E-state index contributed by atoms with van der Waals surface area (Å²) < 4.78 is 7.28. The van der Waals surface area contributed by atoms with Gasteiger partial charge < -0.3 is 9.30 Å². The predicted molar refractivity (Wildman–Crippen MR) is 154 cm³/mol. The van der Waals surface area contributed by atoms with E-state index in [0.29, 0.717) is 25.7 Å². The smallest absolute Gasteiger partial charge is 0.306 e. The van der Waals surface area contributed by atoms with Crippen LogP contribution in [0.5, 0.6) is 0 Å². The van der Waals surface area contributed by atoms with E-state index in [1.165, 1.54) is 4.88 Å². The number of hydrogen-bond donors (Lipinski definition) is 0. The maximum Gasteiger partial charge on any atom is 0.306 e. The minimum absolute atomic E-state index is 0.00664. The van der Waals surface area contributed by atoms with Gasteiger partial charge >= 0.3 is 5.97 Å². The average molecular weight is 550 g/mol. The summed E-state index contributed by atoms with van der Waals surface area (Å²) in [7, 11) is 2.00. The van der Waals surface area contributed by atoms with Gasteiger partial charge in [0.2, 0.25) is 0 Å². The first kappa shape index (κ1) is 28.9. The van der Waals surface area contributed by atoms with Crippen LogP contribution in [0.2, 0.25) is 0 Å². The minimum atomic E-state index is -0.539. The molecule has 0 spiro atoms. The van der Waals surface area contributed by atoms with E-state index in [0.717, 1.165) is 22.9 Å². The van der Waals surface area contributed by atoms with Crippen LogP contribution < -0.4 is 0 Å². The molecular weight excluding hydrogens is 510 g/mol. The van der Waals surface area contributed by atoms with Crippen molar-refractivity contribution < 1.29 is 23.9 Å². The number of carbonyl (C=O) groups is 4. The highest BCUT2D eigenvalue weighted by Crippen LogP contribution is 2.35. The molecule has 1 aromatic carbocycles. The first-order valence-electron chi connectivity index (χ1n) is 14.1. The number of esters is 1. The van der Waals surface area contributed by atoms with E-state index < -0.39 is 17.8 Å². The van der Waals surface area contributed by atoms with Crippen LogP contribution in [0.3, 0.4) is 0 Å². The molecule has 4 unspecified atom stereocenters. The Hall–Kier alpha value is -3.06. The molecule has 0 saturated heterocycles. The Morgan fingerprint density at radius 3 is 2.64 bits per heavy atom. The third kappa shape index (κ3) is 7.33. The molecule has 4 atom stereocenters. The van der Waals surface area contributed by atoms with Crippen LogP contribution >= 0.6 is 11.3 Å². The number of ether oxygens (including phenoxy) is 1. The average Bonchev–Trinajstić information content (AvgIpc) is 3.53. The predicted octanol–water partition coefficient (Wildman–Crippen LogP) is 6.13. The molecule has 0 aliphatic heterocycles. The Morgan fingerprint density at radius 2 is 1.90 bits per heavy atom. The summed E-state index contributed by atoms with van der Waals surface area (Å²) in [5.74, 6) is -1.95. The minimum Gasteiger partial charge on any atom is -0.466 e. The van der Waals surface area contributed by atoms with Crippen LogP contribution in [0.25, 0.3) is 10.9 Å². The second-order valence-electron chi connectivity index (χ2n) is 10.9. The number of ketones is 3. The number of aromatic nitrogens is 1. The van der Waals surface area contributed by atoms with Crippen molar-refractivity contribution in [3.05, 3.63) is 58.4 Å². The molecule has 2 aromatic heterocycles. The summed E-state index contributed by atoms with van der Waals surface area (Å²) in [5.41, 5.74) is 2.26. The molecule has 1 aliphatic rings. The SMILES string of the molecule is CCOC(=O)CC(CCc1cn(C)c2ccccc12)C(=O)CC1C(=O)C(C)CC(=O)CC1CCc1cccs1. The van der Waals surface area contributed by atoms with Gasteiger partial charge in [0.25, 0.3) is 0 Å². The van der Waals surface area contributed by atoms with Crippen molar-refractivity contribution in [1.82, 2.24) is 4.57 Å². The summed E-state index contributed by atoms with van der Waals surface area (Å²) in [4.78, 5) is 53.7. The molecule has 3 aromatic rings. The highest BCUT2D eigenvalue weighted by molar-refractivity contribution is 7.09. The molecule has 0 N–H and O–H groups in total. The van der Waals surface area contributed by atoms with Crippen molar-refractivity contribution in [2.75, 3.05) is 6.61 Å². The van der Waals surface area contributed by atoms with Gasteiger partial charge in [0.15, 0.2) is 0 Å². The van der Waals surface area contributed by atoms with Crippen molar-refractivity contribution in [2.45, 2.75) is 65.2 Å². The standard InChI is InChI=1S/C32H39NO5S/c1-4-38-31(36)18-23(11-12-24-20-33(3)29-10-6-5-9-27(24)29)30(35)19-28-22(13-14-26-8-7-15-39-26)17-25(34)16-21(2)32(28)37/h5-10,15,20-23,28H,4,11-14,16-19H2,1-3H3. The van der Waals surface area contributed by atoms with Gasteiger partial charge in [-0.25, -0.2) is 0 Å². The molecule has 0 radical (unpaired) electrons. The number of Topliss-reactive ketones (excluding diaryl/α,β-unsaturated/α-hetero) is 3. The largest absolute Gasteiger partial charge is 0.466 e. The fourth-order valence-electron chi connectivity index (χ4n) is 6.05. The molecule has 1 aliphatic carbocycles. The first-order chi connectivity index (χ1) is 18.8. The highest BCUT2D eigenvalue weighted by atomic mass is 32.1. The first-order valence-corrected chi connectivity index (χ1v) is 14.9. The van der Waals surface area contributed by atoms with E-state index in [2.05, 4.69) is 29.0 Å². The Morgan fingerprint density at radius 1 is 1.10 bits per heavy atom. The normalized spacial score (nSPS) is 20.6. The number of carbonyl (C=O) groups excluding carboxylic acids is 4. The molecule has 1 saturated carbocycles. The zero-order valence-electron chi connectivity index (χ0n) is 23.2. The Labute approximate surface area is 234 Å². The highest BCUT2D eigenvalue weighted by Gasteiger charge is 2.39. The van der Waals surface area contributed by atoms with Crippen molar-refractivity contribution >= 4 is 45.6 Å². The van der Waals surface area contributed by atoms with Crippen LogP contribution in [0.15, 0.2) is 48.0 Å². The number of aryl methyl sites for hydroxylation is 3. The molecule has 0 amide bonds. The van der Waals surface area contributed by atoms with Crippen LogP contribution in [0, 0.1) is 23.7 Å². The fourth-order valence-corrected chi connectivity index (χ4v) is 6.77. The molecule has 39 heavy (non-hydrogen) atoms. The lowest BCUT2D eigenvalue weighted by Crippen LogP contribution is -2.31. The van der Waals surface area contributed by atoms with E-state index in [1.807, 2.05) is 30.6 Å². The van der Waals surface area contributed by atoms with Gasteiger partial charge in [-0.1, -0.05) is 31.2 Å². The number of rotatable bonds is 12. The fraction of sp³-hybridized carbons (Fsp3) is 0.500. The lowest BCUT2D eigenvalue weighted by molar-refractivity contribution is -0.146. The van der Waals surface area contributed by atoms with E-state index in [-0.39, 0.29) is 55.1 Å². The number of benzene rings is 1. The van der Waals surface area contributed by atoms with Gasteiger partial charge in [0.05, 0.1) is 13.0 Å². The summed E-state index contributed by atoms with van der Waals surface area (Å²) >= 11 is 1.67. The van der Waals surface area contributed by atoms with Crippen LogP contribution in [-0.4, -0.2) is 34.5 Å². The topological polar surface area (TPSA) is 82.4 Å². The number of fused-ring (bicyclic) bond motifs is 1. The van der Waals surface area contributed by atoms with E-state index in [9.17, 15) is 19.2 Å². The molecule has 6 nitrogen and oxygen atoms in total. The summed E-state index contributed by atoms with van der Waals surface area (Å²) in [5, 5.41) is 3.17. The zero-order chi connectivity index (χ0) is 27.9. The summed E-state index contributed by atoms with van der Waals surface area (Å²) in [6, 6.07) is 12.2. The number of nitrogens with zero attached hydrogens (tertiary/aromatic N) is 1. The molecule has 1 fully saturated rings. The van der Waals surface area contributed by atoms with Crippen LogP contribution in [-0.2, 0) is 43.8 Å². The van der Waals surface area contributed by atoms with Crippen LogP contribution in [0.1, 0.15) is 62.8 Å².